The monoisotopic (exact) mass is 417 g/mol. The highest BCUT2D eigenvalue weighted by Crippen LogP contribution is 2.30. The van der Waals surface area contributed by atoms with Gasteiger partial charge in [-0.05, 0) is 44.5 Å². The summed E-state index contributed by atoms with van der Waals surface area (Å²) in [6, 6.07) is 13.2. The molecule has 2 amide bonds. The molecular formula is C23H23N5O3. The number of benzene rings is 2. The van der Waals surface area contributed by atoms with Crippen molar-refractivity contribution in [3.05, 3.63) is 75.1 Å². The first-order chi connectivity index (χ1) is 14.8. The number of nitrogens with one attached hydrogen (secondary N) is 4. The van der Waals surface area contributed by atoms with E-state index in [2.05, 4.69) is 25.9 Å². The van der Waals surface area contributed by atoms with Crippen molar-refractivity contribution >= 4 is 35.0 Å². The Kier molecular flexibility index (Phi) is 5.29. The zero-order valence-corrected chi connectivity index (χ0v) is 17.5. The molecule has 158 valence electrons. The van der Waals surface area contributed by atoms with Crippen LogP contribution in [0.15, 0.2) is 47.3 Å². The van der Waals surface area contributed by atoms with Crippen LogP contribution < -0.4 is 21.5 Å². The second kappa shape index (κ2) is 8.06. The summed E-state index contributed by atoms with van der Waals surface area (Å²) >= 11 is 0. The quantitative estimate of drug-likeness (QED) is 0.518. The van der Waals surface area contributed by atoms with Gasteiger partial charge in [-0.25, -0.2) is 0 Å². The van der Waals surface area contributed by atoms with Crippen LogP contribution in [-0.2, 0) is 9.59 Å². The number of aromatic amines is 1. The fourth-order valence-corrected chi connectivity index (χ4v) is 3.60. The molecule has 8 heteroatoms. The molecule has 1 aliphatic heterocycles. The summed E-state index contributed by atoms with van der Waals surface area (Å²) in [6.45, 7) is 5.83. The molecule has 31 heavy (non-hydrogen) atoms. The maximum atomic E-state index is 13.0. The van der Waals surface area contributed by atoms with Gasteiger partial charge >= 0.3 is 0 Å². The lowest BCUT2D eigenvalue weighted by atomic mass is 9.92. The van der Waals surface area contributed by atoms with Crippen LogP contribution in [0.25, 0.3) is 0 Å². The third-order valence-corrected chi connectivity index (χ3v) is 5.22. The van der Waals surface area contributed by atoms with Crippen molar-refractivity contribution in [2.24, 2.45) is 0 Å². The van der Waals surface area contributed by atoms with Gasteiger partial charge in [-0.2, -0.15) is 4.98 Å². The maximum absolute atomic E-state index is 13.0. The zero-order valence-electron chi connectivity index (χ0n) is 17.5. The molecule has 8 nitrogen and oxygen atoms in total. The lowest BCUT2D eigenvalue weighted by molar-refractivity contribution is -0.123. The minimum atomic E-state index is -0.936. The molecule has 0 saturated carbocycles. The molecule has 0 saturated heterocycles. The third kappa shape index (κ3) is 4.32. The molecule has 1 aliphatic rings. The number of anilines is 4. The molecule has 0 spiro atoms. The van der Waals surface area contributed by atoms with Crippen LogP contribution in [0.1, 0.15) is 34.6 Å². The van der Waals surface area contributed by atoms with E-state index in [4.69, 9.17) is 0 Å². The normalized spacial score (nSPS) is 15.1. The smallest absolute Gasteiger partial charge is 0.258 e. The fourth-order valence-electron chi connectivity index (χ4n) is 3.60. The molecule has 4 N–H and O–H groups in total. The van der Waals surface area contributed by atoms with Gasteiger partial charge in [0.05, 0.1) is 11.5 Å². The number of hydrogen-bond donors (Lipinski definition) is 4. The maximum Gasteiger partial charge on any atom is 0.258 e. The highest BCUT2D eigenvalue weighted by atomic mass is 16.2. The van der Waals surface area contributed by atoms with Gasteiger partial charge in [0.2, 0.25) is 17.8 Å². The van der Waals surface area contributed by atoms with Crippen LogP contribution in [-0.4, -0.2) is 21.8 Å². The van der Waals surface area contributed by atoms with Crippen molar-refractivity contribution in [2.75, 3.05) is 16.0 Å². The van der Waals surface area contributed by atoms with Gasteiger partial charge in [0.15, 0.2) is 0 Å². The standard InChI is InChI=1S/C23H23N5O3/c1-12-4-7-15(8-5-12)24-23-27-20-19(22(31)28-23)16(11-18(29)26-20)21(30)25-17-9-6-13(2)10-14(17)3/h4-10,16H,11H2,1-3H3,(H,25,30)(H3,24,26,27,28,29,31). The number of aromatic nitrogens is 2. The molecule has 3 aromatic rings. The van der Waals surface area contributed by atoms with E-state index in [0.29, 0.717) is 5.69 Å². The Bertz CT molecular complexity index is 1230. The molecule has 1 aromatic heterocycles. The van der Waals surface area contributed by atoms with Crippen LogP contribution in [0, 0.1) is 20.8 Å². The minimum absolute atomic E-state index is 0.0930. The number of fused-ring (bicyclic) bond motifs is 1. The number of carbonyl (C=O) groups is 2. The average Bonchev–Trinajstić information content (AvgIpc) is 2.71. The van der Waals surface area contributed by atoms with Gasteiger partial charge in [0.1, 0.15) is 5.82 Å². The summed E-state index contributed by atoms with van der Waals surface area (Å²) in [4.78, 5) is 45.1. The first kappa shape index (κ1) is 20.3. The number of rotatable bonds is 4. The van der Waals surface area contributed by atoms with E-state index in [1.165, 1.54) is 0 Å². The van der Waals surface area contributed by atoms with E-state index >= 15 is 0 Å². The van der Waals surface area contributed by atoms with Gasteiger partial charge in [-0.15, -0.1) is 0 Å². The van der Waals surface area contributed by atoms with E-state index < -0.39 is 17.4 Å². The van der Waals surface area contributed by atoms with Crippen LogP contribution in [0.3, 0.4) is 0 Å². The van der Waals surface area contributed by atoms with Crippen LogP contribution in [0.2, 0.25) is 0 Å². The van der Waals surface area contributed by atoms with Gasteiger partial charge in [0, 0.05) is 17.8 Å². The SMILES string of the molecule is Cc1ccc(Nc2nc3c(c(=O)[nH]2)C(C(=O)Nc2ccc(C)cc2C)CC(=O)N3)cc1. The van der Waals surface area contributed by atoms with Crippen LogP contribution in [0.5, 0.6) is 0 Å². The highest BCUT2D eigenvalue weighted by Gasteiger charge is 2.35. The Balaban J connectivity index is 1.64. The molecule has 2 heterocycles. The van der Waals surface area contributed by atoms with E-state index in [0.717, 1.165) is 22.4 Å². The third-order valence-electron chi connectivity index (χ3n) is 5.22. The van der Waals surface area contributed by atoms with Crippen LogP contribution >= 0.6 is 0 Å². The van der Waals surface area contributed by atoms with Gasteiger partial charge < -0.3 is 16.0 Å². The van der Waals surface area contributed by atoms with E-state index in [1.807, 2.05) is 63.2 Å². The Morgan fingerprint density at radius 1 is 1.03 bits per heavy atom. The van der Waals surface area contributed by atoms with E-state index in [9.17, 15) is 14.4 Å². The number of aryl methyl sites for hydroxylation is 3. The molecule has 0 bridgehead atoms. The fraction of sp³-hybridized carbons (Fsp3) is 0.217. The number of nitrogens with zero attached hydrogens (tertiary/aromatic N) is 1. The summed E-state index contributed by atoms with van der Waals surface area (Å²) in [7, 11) is 0. The van der Waals surface area contributed by atoms with E-state index in [-0.39, 0.29) is 29.7 Å². The van der Waals surface area contributed by atoms with Crippen molar-refractivity contribution in [3.63, 3.8) is 0 Å². The average molecular weight is 417 g/mol. The minimum Gasteiger partial charge on any atom is -0.326 e. The summed E-state index contributed by atoms with van der Waals surface area (Å²) < 4.78 is 0. The van der Waals surface area contributed by atoms with Crippen molar-refractivity contribution in [3.8, 4) is 0 Å². The second-order valence-corrected chi connectivity index (χ2v) is 7.78. The largest absolute Gasteiger partial charge is 0.326 e. The number of H-pyrrole nitrogens is 1. The second-order valence-electron chi connectivity index (χ2n) is 7.78. The number of hydrogen-bond acceptors (Lipinski definition) is 5. The molecule has 2 aromatic carbocycles. The zero-order chi connectivity index (χ0) is 22.1. The van der Waals surface area contributed by atoms with Crippen molar-refractivity contribution in [2.45, 2.75) is 33.1 Å². The summed E-state index contributed by atoms with van der Waals surface area (Å²) in [5, 5.41) is 8.47. The molecule has 0 aliphatic carbocycles. The Morgan fingerprint density at radius 3 is 2.45 bits per heavy atom. The van der Waals surface area contributed by atoms with Gasteiger partial charge in [-0.3, -0.25) is 19.4 Å². The van der Waals surface area contributed by atoms with Crippen molar-refractivity contribution < 1.29 is 9.59 Å². The topological polar surface area (TPSA) is 116 Å². The van der Waals surface area contributed by atoms with Crippen molar-refractivity contribution in [1.82, 2.24) is 9.97 Å². The van der Waals surface area contributed by atoms with Gasteiger partial charge in [0.25, 0.3) is 5.56 Å². The highest BCUT2D eigenvalue weighted by molar-refractivity contribution is 6.04. The molecule has 1 unspecified atom stereocenters. The molecular weight excluding hydrogens is 394 g/mol. The lowest BCUT2D eigenvalue weighted by Crippen LogP contribution is -2.36. The van der Waals surface area contributed by atoms with E-state index in [1.54, 1.807) is 0 Å². The lowest BCUT2D eigenvalue weighted by Gasteiger charge is -2.24. The van der Waals surface area contributed by atoms with Crippen LogP contribution in [0.4, 0.5) is 23.1 Å². The molecule has 1 atom stereocenters. The molecule has 0 fully saturated rings. The number of amides is 2. The molecule has 4 rings (SSSR count). The number of carbonyl (C=O) groups excluding carboxylic acids is 2. The Hall–Kier alpha value is -3.94. The Labute approximate surface area is 179 Å². The summed E-state index contributed by atoms with van der Waals surface area (Å²) in [6.07, 6.45) is -0.126. The predicted octanol–water partition coefficient (Wildman–Crippen LogP) is 3.50. The first-order valence-corrected chi connectivity index (χ1v) is 9.96. The Morgan fingerprint density at radius 2 is 1.74 bits per heavy atom. The van der Waals surface area contributed by atoms with Gasteiger partial charge in [-0.1, -0.05) is 35.4 Å². The first-order valence-electron chi connectivity index (χ1n) is 9.96. The predicted molar refractivity (Wildman–Crippen MR) is 120 cm³/mol. The summed E-state index contributed by atoms with van der Waals surface area (Å²) in [5.74, 6) is -1.45. The molecule has 0 radical (unpaired) electrons. The van der Waals surface area contributed by atoms with Crippen molar-refractivity contribution in [1.29, 1.82) is 0 Å². The summed E-state index contributed by atoms with van der Waals surface area (Å²) in [5.41, 5.74) is 4.13.